The third kappa shape index (κ3) is 8.93. The molecule has 352 valence electrons. The van der Waals surface area contributed by atoms with Gasteiger partial charge in [-0.1, -0.05) is 231 Å². The summed E-state index contributed by atoms with van der Waals surface area (Å²) in [5, 5.41) is 5.16. The van der Waals surface area contributed by atoms with E-state index in [4.69, 9.17) is 0 Å². The monoisotopic (exact) mass is 929 g/mol. The number of rotatable bonds is 8. The molecule has 1 aromatic heterocycles. The Morgan fingerprint density at radius 2 is 1.11 bits per heavy atom. The van der Waals surface area contributed by atoms with Gasteiger partial charge in [0.2, 0.25) is 0 Å². The number of aryl methyl sites for hydroxylation is 5. The lowest BCUT2D eigenvalue weighted by molar-refractivity contribution is 0.858. The highest BCUT2D eigenvalue weighted by molar-refractivity contribution is 6.12. The first-order chi connectivity index (χ1) is 35.2. The Bertz CT molecular complexity index is 3740. The topological polar surface area (TPSA) is 4.93 Å². The van der Waals surface area contributed by atoms with E-state index in [2.05, 4.69) is 264 Å². The van der Waals surface area contributed by atoms with Crippen LogP contribution in [0.3, 0.4) is 0 Å². The average Bonchev–Trinajstić information content (AvgIpc) is 4.11. The van der Waals surface area contributed by atoms with Gasteiger partial charge < -0.3 is 4.57 Å². The summed E-state index contributed by atoms with van der Waals surface area (Å²) >= 11 is 0. The molecule has 1 heterocycles. The SMILES string of the molecule is C=C/C(=C\C=C/C)n1c2ccccc2c2cc(-c3ccc4c(c3)C3(C=CC=C3)c3cc(C)c5ccccc5c3-4)ccc21.CCCc1ccccc1-c1ccc(C)cc1C.Cc1ccc(-c2ccccc2)cc1. The van der Waals surface area contributed by atoms with Gasteiger partial charge in [0.05, 0.1) is 16.4 Å². The van der Waals surface area contributed by atoms with Gasteiger partial charge in [0, 0.05) is 16.5 Å². The van der Waals surface area contributed by atoms with Gasteiger partial charge in [-0.05, 0) is 161 Å². The predicted molar refractivity (Wildman–Crippen MR) is 313 cm³/mol. The van der Waals surface area contributed by atoms with Crippen LogP contribution in [-0.2, 0) is 11.8 Å². The number of hydrogen-bond donors (Lipinski definition) is 0. The molecule has 0 saturated heterocycles. The van der Waals surface area contributed by atoms with Crippen LogP contribution in [0.2, 0.25) is 0 Å². The fourth-order valence-electron chi connectivity index (χ4n) is 11.1. The summed E-state index contributed by atoms with van der Waals surface area (Å²) in [5.74, 6) is 0. The van der Waals surface area contributed by atoms with E-state index in [-0.39, 0.29) is 5.41 Å². The minimum absolute atomic E-state index is 0.230. The van der Waals surface area contributed by atoms with Gasteiger partial charge in [0.25, 0.3) is 0 Å². The maximum Gasteiger partial charge on any atom is 0.0581 e. The molecule has 2 aliphatic carbocycles. The van der Waals surface area contributed by atoms with E-state index < -0.39 is 0 Å². The molecule has 72 heavy (non-hydrogen) atoms. The molecule has 0 unspecified atom stereocenters. The van der Waals surface area contributed by atoms with E-state index in [9.17, 15) is 0 Å². The number of hydrogen-bond acceptors (Lipinski definition) is 0. The molecule has 1 nitrogen and oxygen atoms in total. The van der Waals surface area contributed by atoms with Crippen LogP contribution in [0.4, 0.5) is 0 Å². The molecule has 0 N–H and O–H groups in total. The molecule has 1 spiro atoms. The fourth-order valence-corrected chi connectivity index (χ4v) is 11.1. The lowest BCUT2D eigenvalue weighted by atomic mass is 9.78. The summed E-state index contributed by atoms with van der Waals surface area (Å²) in [6.07, 6.45) is 19.7. The summed E-state index contributed by atoms with van der Waals surface area (Å²) < 4.78 is 2.32. The molecule has 0 aliphatic heterocycles. The molecule has 0 amide bonds. The van der Waals surface area contributed by atoms with Crippen LogP contribution in [0.1, 0.15) is 59.2 Å². The Hall–Kier alpha value is -8.26. The second kappa shape index (κ2) is 20.6. The Labute approximate surface area is 427 Å². The zero-order chi connectivity index (χ0) is 49.8. The van der Waals surface area contributed by atoms with Gasteiger partial charge in [-0.2, -0.15) is 0 Å². The van der Waals surface area contributed by atoms with E-state index in [1.165, 1.54) is 122 Å². The van der Waals surface area contributed by atoms with Gasteiger partial charge in [-0.15, -0.1) is 0 Å². The van der Waals surface area contributed by atoms with Crippen LogP contribution in [-0.4, -0.2) is 4.57 Å². The van der Waals surface area contributed by atoms with Crippen molar-refractivity contribution in [3.8, 4) is 44.5 Å². The smallest absolute Gasteiger partial charge is 0.0581 e. The summed E-state index contributed by atoms with van der Waals surface area (Å²) in [7, 11) is 0. The standard InChI is InChI=1S/C41H31N.C17H20.C13H12/c1-4-6-13-30(5-2)42-38-17-10-9-15-32(38)35-25-28(19-21-39(35)42)29-18-20-34-36(26-29)41(22-11-12-23-41)37-24-27(3)31-14-7-8-16-33(31)40(34)37;1-4-7-15-8-5-6-9-17(15)16-11-10-13(2)12-14(16)3;1-11-7-9-13(10-8-11)12-5-3-2-4-6-12/h4-26H,2H2,1,3H3;5-6,8-12H,4,7H2,1-3H3;2-10H,1H3/b6-4-,30-13+;;. The molecular formula is C71H63N. The van der Waals surface area contributed by atoms with Crippen molar-refractivity contribution in [1.29, 1.82) is 0 Å². The normalized spacial score (nSPS) is 13.1. The molecule has 0 radical (unpaired) electrons. The second-order valence-corrected chi connectivity index (χ2v) is 19.4. The second-order valence-electron chi connectivity index (χ2n) is 19.4. The van der Waals surface area contributed by atoms with E-state index in [1.54, 1.807) is 0 Å². The van der Waals surface area contributed by atoms with Gasteiger partial charge in [-0.25, -0.2) is 0 Å². The maximum absolute atomic E-state index is 4.12. The van der Waals surface area contributed by atoms with E-state index in [1.807, 2.05) is 25.1 Å². The van der Waals surface area contributed by atoms with Crippen LogP contribution in [0.25, 0.3) is 82.8 Å². The molecule has 0 atom stereocenters. The van der Waals surface area contributed by atoms with Crippen molar-refractivity contribution >= 4 is 38.3 Å². The highest BCUT2D eigenvalue weighted by atomic mass is 15.0. The van der Waals surface area contributed by atoms with Crippen molar-refractivity contribution in [3.05, 3.63) is 282 Å². The van der Waals surface area contributed by atoms with Crippen molar-refractivity contribution in [3.63, 3.8) is 0 Å². The number of aromatic nitrogens is 1. The quantitative estimate of drug-likeness (QED) is 0.134. The van der Waals surface area contributed by atoms with Crippen LogP contribution < -0.4 is 0 Å². The van der Waals surface area contributed by atoms with Crippen molar-refractivity contribution < 1.29 is 0 Å². The van der Waals surface area contributed by atoms with Crippen molar-refractivity contribution in [2.75, 3.05) is 0 Å². The van der Waals surface area contributed by atoms with Gasteiger partial charge >= 0.3 is 0 Å². The summed E-state index contributed by atoms with van der Waals surface area (Å²) in [4.78, 5) is 0. The number of fused-ring (bicyclic) bond motifs is 10. The molecule has 2 aliphatic rings. The third-order valence-corrected chi connectivity index (χ3v) is 14.6. The van der Waals surface area contributed by atoms with Crippen molar-refractivity contribution in [1.82, 2.24) is 4.57 Å². The summed E-state index contributed by atoms with van der Waals surface area (Å²) in [6, 6.07) is 68.4. The number of benzene rings is 9. The largest absolute Gasteiger partial charge is 0.309 e. The van der Waals surface area contributed by atoms with Gasteiger partial charge in [-0.3, -0.25) is 0 Å². The van der Waals surface area contributed by atoms with Gasteiger partial charge in [0.1, 0.15) is 0 Å². The molecule has 10 aromatic rings. The number of para-hydroxylation sites is 1. The first-order valence-electron chi connectivity index (χ1n) is 25.5. The zero-order valence-electron chi connectivity index (χ0n) is 42.6. The van der Waals surface area contributed by atoms with E-state index >= 15 is 0 Å². The Kier molecular flexibility index (Phi) is 13.6. The highest BCUT2D eigenvalue weighted by Gasteiger charge is 2.42. The molecular weight excluding hydrogens is 867 g/mol. The van der Waals surface area contributed by atoms with E-state index in [0.29, 0.717) is 0 Å². The number of nitrogens with zero attached hydrogens (tertiary/aromatic N) is 1. The van der Waals surface area contributed by atoms with Gasteiger partial charge in [0.15, 0.2) is 0 Å². The average molecular weight is 930 g/mol. The van der Waals surface area contributed by atoms with Crippen molar-refractivity contribution in [2.24, 2.45) is 0 Å². The van der Waals surface area contributed by atoms with E-state index in [0.717, 1.165) is 12.1 Å². The molecule has 0 fully saturated rings. The van der Waals surface area contributed by atoms with Crippen LogP contribution in [0.5, 0.6) is 0 Å². The lowest BCUT2D eigenvalue weighted by Crippen LogP contribution is -2.17. The molecule has 0 saturated carbocycles. The zero-order valence-corrected chi connectivity index (χ0v) is 42.6. The molecule has 9 aromatic carbocycles. The molecule has 0 bridgehead atoms. The predicted octanol–water partition coefficient (Wildman–Crippen LogP) is 19.5. The molecule has 12 rings (SSSR count). The number of allylic oxidation sites excluding steroid dienone is 9. The molecule has 1 heteroatoms. The Morgan fingerprint density at radius 1 is 0.500 bits per heavy atom. The highest BCUT2D eigenvalue weighted by Crippen LogP contribution is 2.55. The van der Waals surface area contributed by atoms with Crippen LogP contribution in [0.15, 0.2) is 243 Å². The van der Waals surface area contributed by atoms with Crippen LogP contribution >= 0.6 is 0 Å². The minimum atomic E-state index is -0.230. The fraction of sp³-hybridized carbons (Fsp3) is 0.127. The summed E-state index contributed by atoms with van der Waals surface area (Å²) in [5.41, 5.74) is 23.3. The van der Waals surface area contributed by atoms with Crippen molar-refractivity contribution in [2.45, 2.75) is 59.8 Å². The van der Waals surface area contributed by atoms with Crippen LogP contribution in [0, 0.1) is 27.7 Å². The Morgan fingerprint density at radius 3 is 1.85 bits per heavy atom. The first kappa shape index (κ1) is 47.4. The minimum Gasteiger partial charge on any atom is -0.309 e. The lowest BCUT2D eigenvalue weighted by Gasteiger charge is -2.24. The Balaban J connectivity index is 0.000000162. The third-order valence-electron chi connectivity index (χ3n) is 14.6. The first-order valence-corrected chi connectivity index (χ1v) is 25.5. The maximum atomic E-state index is 4.12. The summed E-state index contributed by atoms with van der Waals surface area (Å²) in [6.45, 7) is 17.1.